The van der Waals surface area contributed by atoms with Gasteiger partial charge in [-0.1, -0.05) is 24.8 Å². The molecule has 0 saturated carbocycles. The van der Waals surface area contributed by atoms with E-state index in [2.05, 4.69) is 17.2 Å². The summed E-state index contributed by atoms with van der Waals surface area (Å²) >= 11 is 0. The molecule has 2 N–H and O–H groups in total. The highest BCUT2D eigenvalue weighted by Crippen LogP contribution is 2.29. The van der Waals surface area contributed by atoms with Crippen molar-refractivity contribution in [3.8, 4) is 17.2 Å². The zero-order valence-corrected chi connectivity index (χ0v) is 14.4. The molecule has 0 spiro atoms. The van der Waals surface area contributed by atoms with E-state index in [1.807, 2.05) is 24.3 Å². The molecule has 0 atom stereocenters. The molecule has 2 aromatic carbocycles. The number of benzene rings is 2. The van der Waals surface area contributed by atoms with Crippen molar-refractivity contribution in [2.75, 3.05) is 38.0 Å². The average Bonchev–Trinajstić information content (AvgIpc) is 2.65. The second kappa shape index (κ2) is 9.22. The number of nitrogens with one attached hydrogen (secondary N) is 2. The van der Waals surface area contributed by atoms with Crippen molar-refractivity contribution in [2.24, 2.45) is 0 Å². The summed E-state index contributed by atoms with van der Waals surface area (Å²) in [6.07, 6.45) is 1.67. The average molecular weight is 342 g/mol. The van der Waals surface area contributed by atoms with Gasteiger partial charge in [0.15, 0.2) is 0 Å². The van der Waals surface area contributed by atoms with Crippen LogP contribution in [0.15, 0.2) is 55.1 Å². The van der Waals surface area contributed by atoms with E-state index >= 15 is 0 Å². The molecule has 6 heteroatoms. The molecular formula is C19H22N2O4. The van der Waals surface area contributed by atoms with Crippen molar-refractivity contribution in [1.29, 1.82) is 0 Å². The molecule has 2 rings (SSSR count). The van der Waals surface area contributed by atoms with Gasteiger partial charge in [0, 0.05) is 6.07 Å². The smallest absolute Gasteiger partial charge is 0.243 e. The molecule has 2 aromatic rings. The lowest BCUT2D eigenvalue weighted by molar-refractivity contribution is -0.114. The summed E-state index contributed by atoms with van der Waals surface area (Å²) in [5.74, 6) is 1.63. The Balaban J connectivity index is 2.01. The van der Waals surface area contributed by atoms with E-state index in [4.69, 9.17) is 14.2 Å². The topological polar surface area (TPSA) is 68.8 Å². The summed E-state index contributed by atoms with van der Waals surface area (Å²) < 4.78 is 16.0. The Bertz CT molecular complexity index is 731. The Kier molecular flexibility index (Phi) is 6.71. The molecule has 0 saturated heterocycles. The molecule has 25 heavy (non-hydrogen) atoms. The summed E-state index contributed by atoms with van der Waals surface area (Å²) in [5, 5.41) is 5.87. The van der Waals surface area contributed by atoms with E-state index in [9.17, 15) is 4.79 Å². The summed E-state index contributed by atoms with van der Waals surface area (Å²) in [6, 6.07) is 12.6. The van der Waals surface area contributed by atoms with E-state index in [-0.39, 0.29) is 12.5 Å². The van der Waals surface area contributed by atoms with Crippen molar-refractivity contribution < 1.29 is 19.0 Å². The van der Waals surface area contributed by atoms with Crippen LogP contribution in [0.5, 0.6) is 17.2 Å². The van der Waals surface area contributed by atoms with Crippen LogP contribution in [0, 0.1) is 0 Å². The van der Waals surface area contributed by atoms with Crippen LogP contribution in [0.2, 0.25) is 0 Å². The fourth-order valence-corrected chi connectivity index (χ4v) is 2.17. The predicted molar refractivity (Wildman–Crippen MR) is 98.8 cm³/mol. The van der Waals surface area contributed by atoms with Crippen LogP contribution in [0.3, 0.4) is 0 Å². The first-order chi connectivity index (χ1) is 12.2. The zero-order valence-electron chi connectivity index (χ0n) is 14.4. The third kappa shape index (κ3) is 5.17. The molecule has 0 heterocycles. The number of methoxy groups -OCH3 is 2. The maximum atomic E-state index is 12.3. The monoisotopic (exact) mass is 342 g/mol. The molecule has 0 aromatic heterocycles. The Labute approximate surface area is 147 Å². The minimum Gasteiger partial charge on any atom is -0.497 e. The minimum absolute atomic E-state index is 0.0782. The Morgan fingerprint density at radius 2 is 1.88 bits per heavy atom. The number of amides is 1. The van der Waals surface area contributed by atoms with Crippen molar-refractivity contribution in [1.82, 2.24) is 0 Å². The summed E-state index contributed by atoms with van der Waals surface area (Å²) in [5.41, 5.74) is 1.28. The maximum Gasteiger partial charge on any atom is 0.243 e. The fraction of sp³-hybridized carbons (Fsp3) is 0.211. The second-order valence-corrected chi connectivity index (χ2v) is 5.06. The number of carbonyl (C=O) groups excluding carboxylic acids is 1. The number of ether oxygens (including phenoxy) is 3. The Morgan fingerprint density at radius 1 is 1.08 bits per heavy atom. The Hall–Kier alpha value is -3.15. The summed E-state index contributed by atoms with van der Waals surface area (Å²) in [6.45, 7) is 4.10. The van der Waals surface area contributed by atoms with E-state index in [0.29, 0.717) is 29.5 Å². The highest BCUT2D eigenvalue weighted by atomic mass is 16.5. The van der Waals surface area contributed by atoms with Gasteiger partial charge in [-0.05, 0) is 24.3 Å². The first-order valence-electron chi connectivity index (χ1n) is 7.76. The first kappa shape index (κ1) is 18.2. The quantitative estimate of drug-likeness (QED) is 0.684. The second-order valence-electron chi connectivity index (χ2n) is 5.06. The van der Waals surface area contributed by atoms with E-state index in [1.165, 1.54) is 0 Å². The number of hydrogen-bond acceptors (Lipinski definition) is 5. The molecule has 0 radical (unpaired) electrons. The molecule has 0 bridgehead atoms. The van der Waals surface area contributed by atoms with Gasteiger partial charge < -0.3 is 24.8 Å². The predicted octanol–water partition coefficient (Wildman–Crippen LogP) is 3.32. The number of para-hydroxylation sites is 2. The van der Waals surface area contributed by atoms with Crippen molar-refractivity contribution >= 4 is 17.3 Å². The number of anilines is 2. The molecule has 132 valence electrons. The van der Waals surface area contributed by atoms with Gasteiger partial charge in [0.25, 0.3) is 0 Å². The van der Waals surface area contributed by atoms with E-state index in [0.717, 1.165) is 5.69 Å². The SMILES string of the molecule is C=CCOc1ccccc1NCC(=O)Nc1cc(OC)ccc1OC. The molecular weight excluding hydrogens is 320 g/mol. The highest BCUT2D eigenvalue weighted by molar-refractivity contribution is 5.95. The fourth-order valence-electron chi connectivity index (χ4n) is 2.17. The summed E-state index contributed by atoms with van der Waals surface area (Å²) in [4.78, 5) is 12.3. The third-order valence-corrected chi connectivity index (χ3v) is 3.36. The van der Waals surface area contributed by atoms with Gasteiger partial charge in [0.1, 0.15) is 23.9 Å². The van der Waals surface area contributed by atoms with Crippen LogP contribution >= 0.6 is 0 Å². The largest absolute Gasteiger partial charge is 0.497 e. The van der Waals surface area contributed by atoms with Gasteiger partial charge in [0.2, 0.25) is 5.91 Å². The number of hydrogen-bond donors (Lipinski definition) is 2. The normalized spacial score (nSPS) is 9.84. The standard InChI is InChI=1S/C19H22N2O4/c1-4-11-25-18-8-6-5-7-15(18)20-13-19(22)21-16-12-14(23-2)9-10-17(16)24-3/h4-10,12,20H,1,11,13H2,2-3H3,(H,21,22). The van der Waals surface area contributed by atoms with Crippen molar-refractivity contribution in [2.45, 2.75) is 0 Å². The number of rotatable bonds is 9. The van der Waals surface area contributed by atoms with Gasteiger partial charge in [-0.25, -0.2) is 0 Å². The molecule has 0 unspecified atom stereocenters. The lowest BCUT2D eigenvalue weighted by Gasteiger charge is -2.14. The molecule has 0 aliphatic heterocycles. The number of carbonyl (C=O) groups is 1. The van der Waals surface area contributed by atoms with Crippen LogP contribution in [0.25, 0.3) is 0 Å². The van der Waals surface area contributed by atoms with Crippen molar-refractivity contribution in [3.63, 3.8) is 0 Å². The van der Waals surface area contributed by atoms with Crippen LogP contribution in [-0.2, 0) is 4.79 Å². The molecule has 0 aliphatic carbocycles. The van der Waals surface area contributed by atoms with Gasteiger partial charge >= 0.3 is 0 Å². The molecule has 0 fully saturated rings. The molecule has 0 aliphatic rings. The first-order valence-corrected chi connectivity index (χ1v) is 7.76. The van der Waals surface area contributed by atoms with Gasteiger partial charge in [-0.3, -0.25) is 4.79 Å². The Morgan fingerprint density at radius 3 is 2.60 bits per heavy atom. The lowest BCUT2D eigenvalue weighted by atomic mass is 10.2. The van der Waals surface area contributed by atoms with E-state index < -0.39 is 0 Å². The van der Waals surface area contributed by atoms with Gasteiger partial charge in [0.05, 0.1) is 32.1 Å². The lowest BCUT2D eigenvalue weighted by Crippen LogP contribution is -2.22. The van der Waals surface area contributed by atoms with Gasteiger partial charge in [-0.2, -0.15) is 0 Å². The third-order valence-electron chi connectivity index (χ3n) is 3.36. The van der Waals surface area contributed by atoms with Crippen LogP contribution in [0.4, 0.5) is 11.4 Å². The minimum atomic E-state index is -0.218. The summed E-state index contributed by atoms with van der Waals surface area (Å²) in [7, 11) is 3.11. The van der Waals surface area contributed by atoms with E-state index in [1.54, 1.807) is 38.5 Å². The maximum absolute atomic E-state index is 12.3. The van der Waals surface area contributed by atoms with Crippen LogP contribution in [0.1, 0.15) is 0 Å². The van der Waals surface area contributed by atoms with Gasteiger partial charge in [-0.15, -0.1) is 0 Å². The highest BCUT2D eigenvalue weighted by Gasteiger charge is 2.10. The van der Waals surface area contributed by atoms with Crippen LogP contribution in [-0.4, -0.2) is 33.3 Å². The zero-order chi connectivity index (χ0) is 18.1. The van der Waals surface area contributed by atoms with Crippen molar-refractivity contribution in [3.05, 3.63) is 55.1 Å². The van der Waals surface area contributed by atoms with Crippen LogP contribution < -0.4 is 24.8 Å². The molecule has 6 nitrogen and oxygen atoms in total. The molecule has 1 amide bonds.